The first-order valence-corrected chi connectivity index (χ1v) is 4.13. The van der Waals surface area contributed by atoms with E-state index in [2.05, 4.69) is 4.98 Å². The molecule has 0 spiro atoms. The molecule has 0 radical (unpaired) electrons. The van der Waals surface area contributed by atoms with E-state index in [4.69, 9.17) is 5.11 Å². The molecule has 7 nitrogen and oxygen atoms in total. The van der Waals surface area contributed by atoms with Gasteiger partial charge in [0.05, 0.1) is 0 Å². The van der Waals surface area contributed by atoms with E-state index in [-0.39, 0.29) is 12.4 Å². The van der Waals surface area contributed by atoms with Crippen LogP contribution in [0.25, 0.3) is 0 Å². The SMILES string of the molecule is O=[N+]([O-])c1cncn1CC(O)C(O)CF. The predicted octanol–water partition coefficient (Wildman–Crippen LogP) is -0.517. The Morgan fingerprint density at radius 1 is 1.60 bits per heavy atom. The number of nitro groups is 1. The van der Waals surface area contributed by atoms with E-state index in [1.54, 1.807) is 0 Å². The van der Waals surface area contributed by atoms with Gasteiger partial charge in [0, 0.05) is 0 Å². The minimum Gasteiger partial charge on any atom is -0.388 e. The molecule has 15 heavy (non-hydrogen) atoms. The summed E-state index contributed by atoms with van der Waals surface area (Å²) in [4.78, 5) is 13.3. The van der Waals surface area contributed by atoms with E-state index in [9.17, 15) is 19.6 Å². The highest BCUT2D eigenvalue weighted by Gasteiger charge is 2.22. The van der Waals surface area contributed by atoms with E-state index in [1.807, 2.05) is 0 Å². The van der Waals surface area contributed by atoms with E-state index < -0.39 is 23.8 Å². The summed E-state index contributed by atoms with van der Waals surface area (Å²) in [5, 5.41) is 28.6. The van der Waals surface area contributed by atoms with Crippen molar-refractivity contribution in [3.05, 3.63) is 22.6 Å². The summed E-state index contributed by atoms with van der Waals surface area (Å²) in [6.07, 6.45) is -0.809. The zero-order valence-electron chi connectivity index (χ0n) is 7.65. The van der Waals surface area contributed by atoms with Crippen LogP contribution in [0.5, 0.6) is 0 Å². The minimum atomic E-state index is -1.55. The molecule has 0 fully saturated rings. The summed E-state index contributed by atoms with van der Waals surface area (Å²) in [5.41, 5.74) is 0. The highest BCUT2D eigenvalue weighted by Crippen LogP contribution is 2.11. The van der Waals surface area contributed by atoms with Gasteiger partial charge in [-0.25, -0.2) is 13.9 Å². The third kappa shape index (κ3) is 2.70. The molecule has 2 unspecified atom stereocenters. The Labute approximate surface area is 83.9 Å². The number of alkyl halides is 1. The van der Waals surface area contributed by atoms with Crippen molar-refractivity contribution in [2.45, 2.75) is 18.8 Å². The first kappa shape index (κ1) is 11.5. The monoisotopic (exact) mass is 219 g/mol. The maximum Gasteiger partial charge on any atom is 0.342 e. The van der Waals surface area contributed by atoms with Crippen molar-refractivity contribution in [3.8, 4) is 0 Å². The van der Waals surface area contributed by atoms with Gasteiger partial charge < -0.3 is 20.3 Å². The molecular weight excluding hydrogens is 209 g/mol. The van der Waals surface area contributed by atoms with E-state index >= 15 is 0 Å². The molecule has 0 aliphatic rings. The van der Waals surface area contributed by atoms with Crippen molar-refractivity contribution >= 4 is 5.82 Å². The Morgan fingerprint density at radius 2 is 2.27 bits per heavy atom. The zero-order valence-corrected chi connectivity index (χ0v) is 7.65. The lowest BCUT2D eigenvalue weighted by molar-refractivity contribution is -0.392. The van der Waals surface area contributed by atoms with Crippen molar-refractivity contribution in [3.63, 3.8) is 0 Å². The number of aromatic nitrogens is 2. The van der Waals surface area contributed by atoms with Crippen molar-refractivity contribution in [2.75, 3.05) is 6.67 Å². The molecule has 1 aromatic heterocycles. The van der Waals surface area contributed by atoms with Crippen molar-refractivity contribution in [2.24, 2.45) is 0 Å². The second-order valence-corrected chi connectivity index (χ2v) is 2.95. The van der Waals surface area contributed by atoms with Gasteiger partial charge in [-0.3, -0.25) is 0 Å². The Balaban J connectivity index is 2.72. The third-order valence-corrected chi connectivity index (χ3v) is 1.86. The van der Waals surface area contributed by atoms with Crippen molar-refractivity contribution in [1.82, 2.24) is 9.55 Å². The number of hydrogen-bond donors (Lipinski definition) is 2. The number of aliphatic hydroxyl groups excluding tert-OH is 2. The van der Waals surface area contributed by atoms with E-state index in [1.165, 1.54) is 0 Å². The fraction of sp³-hybridized carbons (Fsp3) is 0.571. The van der Waals surface area contributed by atoms with Gasteiger partial charge >= 0.3 is 5.82 Å². The molecule has 0 aromatic carbocycles. The second-order valence-electron chi connectivity index (χ2n) is 2.95. The largest absolute Gasteiger partial charge is 0.388 e. The summed E-state index contributed by atoms with van der Waals surface area (Å²) in [5.74, 6) is -0.319. The Morgan fingerprint density at radius 3 is 2.80 bits per heavy atom. The topological polar surface area (TPSA) is 101 Å². The summed E-state index contributed by atoms with van der Waals surface area (Å²) in [6, 6.07) is 0. The summed E-state index contributed by atoms with van der Waals surface area (Å²) in [6.45, 7) is -1.38. The molecule has 2 atom stereocenters. The van der Waals surface area contributed by atoms with Crippen LogP contribution < -0.4 is 0 Å². The molecule has 1 rings (SSSR count). The molecule has 8 heteroatoms. The lowest BCUT2D eigenvalue weighted by Gasteiger charge is -2.12. The van der Waals surface area contributed by atoms with Crippen LogP contribution in [-0.2, 0) is 6.54 Å². The maximum atomic E-state index is 12.0. The molecule has 0 saturated heterocycles. The maximum absolute atomic E-state index is 12.0. The molecule has 0 aliphatic carbocycles. The van der Waals surface area contributed by atoms with Crippen LogP contribution in [0, 0.1) is 10.1 Å². The standard InChI is InChI=1S/C7H10FN3O4/c8-1-5(12)6(13)3-10-4-9-2-7(10)11(14)15/h2,4-6,12-13H,1,3H2. The summed E-state index contributed by atoms with van der Waals surface area (Å²) < 4.78 is 13.0. The van der Waals surface area contributed by atoms with Crippen LogP contribution in [0.2, 0.25) is 0 Å². The van der Waals surface area contributed by atoms with Crippen LogP contribution in [-0.4, -0.2) is 43.6 Å². The lowest BCUT2D eigenvalue weighted by Crippen LogP contribution is -2.32. The normalized spacial score (nSPS) is 14.9. The third-order valence-electron chi connectivity index (χ3n) is 1.86. The zero-order chi connectivity index (χ0) is 11.4. The summed E-state index contributed by atoms with van der Waals surface area (Å²) >= 11 is 0. The van der Waals surface area contributed by atoms with Crippen molar-refractivity contribution < 1.29 is 19.5 Å². The van der Waals surface area contributed by atoms with Crippen LogP contribution >= 0.6 is 0 Å². The smallest absolute Gasteiger partial charge is 0.342 e. The highest BCUT2D eigenvalue weighted by atomic mass is 19.1. The van der Waals surface area contributed by atoms with E-state index in [0.717, 1.165) is 17.1 Å². The molecule has 0 bridgehead atoms. The molecule has 84 valence electrons. The molecule has 0 aliphatic heterocycles. The molecule has 0 saturated carbocycles. The number of nitrogens with zero attached hydrogens (tertiary/aromatic N) is 3. The number of halogens is 1. The van der Waals surface area contributed by atoms with Gasteiger partial charge in [-0.15, -0.1) is 0 Å². The van der Waals surface area contributed by atoms with Crippen molar-refractivity contribution in [1.29, 1.82) is 0 Å². The van der Waals surface area contributed by atoms with E-state index in [0.29, 0.717) is 0 Å². The van der Waals surface area contributed by atoms with Gasteiger partial charge in [0.15, 0.2) is 6.33 Å². The van der Waals surface area contributed by atoms with Crippen LogP contribution in [0.1, 0.15) is 0 Å². The number of rotatable bonds is 5. The van der Waals surface area contributed by atoms with Gasteiger partial charge in [0.2, 0.25) is 0 Å². The predicted molar refractivity (Wildman–Crippen MR) is 46.9 cm³/mol. The Hall–Kier alpha value is -1.54. The lowest BCUT2D eigenvalue weighted by atomic mass is 10.2. The van der Waals surface area contributed by atoms with Gasteiger partial charge in [-0.05, 0) is 4.92 Å². The number of aliphatic hydroxyl groups is 2. The van der Waals surface area contributed by atoms with Gasteiger partial charge in [0.1, 0.15) is 31.6 Å². The second kappa shape index (κ2) is 4.80. The fourth-order valence-electron chi connectivity index (χ4n) is 1.03. The van der Waals surface area contributed by atoms with Crippen LogP contribution in [0.4, 0.5) is 10.2 Å². The summed E-state index contributed by atoms with van der Waals surface area (Å²) in [7, 11) is 0. The number of imidazole rings is 1. The Bertz CT molecular complexity index is 343. The highest BCUT2D eigenvalue weighted by molar-refractivity contribution is 5.14. The molecule has 2 N–H and O–H groups in total. The van der Waals surface area contributed by atoms with Gasteiger partial charge in [0.25, 0.3) is 0 Å². The van der Waals surface area contributed by atoms with Crippen LogP contribution in [0.3, 0.4) is 0 Å². The molecule has 1 aromatic rings. The molecule has 1 heterocycles. The number of hydrogen-bond acceptors (Lipinski definition) is 5. The average molecular weight is 219 g/mol. The molecular formula is C7H10FN3O4. The minimum absolute atomic E-state index is 0.276. The quantitative estimate of drug-likeness (QED) is 0.512. The average Bonchev–Trinajstić information content (AvgIpc) is 2.64. The fourth-order valence-corrected chi connectivity index (χ4v) is 1.03. The van der Waals surface area contributed by atoms with Gasteiger partial charge in [-0.1, -0.05) is 0 Å². The van der Waals surface area contributed by atoms with Gasteiger partial charge in [-0.2, -0.15) is 0 Å². The first-order chi connectivity index (χ1) is 7.06. The first-order valence-electron chi connectivity index (χ1n) is 4.13. The molecule has 0 amide bonds. The Kier molecular flexibility index (Phi) is 3.69. The van der Waals surface area contributed by atoms with Crippen LogP contribution in [0.15, 0.2) is 12.5 Å².